The lowest BCUT2D eigenvalue weighted by Gasteiger charge is -2.39. The molecule has 0 saturated carbocycles. The molecule has 0 aliphatic carbocycles. The average Bonchev–Trinajstić information content (AvgIpc) is 2.13. The zero-order valence-electron chi connectivity index (χ0n) is 11.5. The fraction of sp³-hybridized carbons (Fsp3) is 0.833. The van der Waals surface area contributed by atoms with E-state index in [1.807, 2.05) is 32.6 Å². The highest BCUT2D eigenvalue weighted by atomic mass is 16.6. The molecule has 0 bridgehead atoms. The van der Waals surface area contributed by atoms with E-state index in [1.165, 1.54) is 0 Å². The Morgan fingerprint density at radius 1 is 1.33 bits per heavy atom. The predicted molar refractivity (Wildman–Crippen MR) is 66.5 cm³/mol. The van der Waals surface area contributed by atoms with E-state index in [4.69, 9.17) is 9.84 Å². The second-order valence-electron chi connectivity index (χ2n) is 5.65. The number of carboxylic acid groups (broad SMARTS) is 1. The Morgan fingerprint density at radius 2 is 1.94 bits per heavy atom. The van der Waals surface area contributed by atoms with Gasteiger partial charge in [-0.1, -0.05) is 0 Å². The van der Waals surface area contributed by atoms with Crippen LogP contribution in [-0.2, 0) is 9.53 Å². The van der Waals surface area contributed by atoms with Gasteiger partial charge in [0.1, 0.15) is 5.60 Å². The highest BCUT2D eigenvalue weighted by Gasteiger charge is 2.31. The Bertz CT molecular complexity index is 325. The van der Waals surface area contributed by atoms with E-state index in [-0.39, 0.29) is 18.7 Å². The van der Waals surface area contributed by atoms with Gasteiger partial charge in [-0.25, -0.2) is 4.79 Å². The monoisotopic (exact) mass is 258 g/mol. The number of nitrogens with zero attached hydrogens (tertiary/aromatic N) is 2. The highest BCUT2D eigenvalue weighted by Crippen LogP contribution is 2.15. The molecule has 1 saturated heterocycles. The molecule has 0 aromatic rings. The highest BCUT2D eigenvalue weighted by molar-refractivity contribution is 5.70. The first-order valence-corrected chi connectivity index (χ1v) is 6.13. The number of carboxylic acids is 1. The maximum absolute atomic E-state index is 11.9. The zero-order chi connectivity index (χ0) is 13.9. The summed E-state index contributed by atoms with van der Waals surface area (Å²) in [7, 11) is 0. The largest absolute Gasteiger partial charge is 0.480 e. The molecule has 0 spiro atoms. The number of aliphatic carboxylic acids is 1. The molecule has 104 valence electrons. The Hall–Kier alpha value is -1.30. The van der Waals surface area contributed by atoms with Crippen molar-refractivity contribution >= 4 is 12.1 Å². The Kier molecular flexibility index (Phi) is 4.56. The summed E-state index contributed by atoms with van der Waals surface area (Å²) in [6.07, 6.45) is -0.329. The molecule has 1 amide bonds. The van der Waals surface area contributed by atoms with Crippen molar-refractivity contribution < 1.29 is 19.4 Å². The standard InChI is InChI=1S/C12H22N2O4/c1-9-7-13(8-10(15)16)5-6-14(9)11(17)18-12(2,3)4/h9H,5-8H2,1-4H3,(H,15,16). The van der Waals surface area contributed by atoms with Crippen molar-refractivity contribution in [1.29, 1.82) is 0 Å². The average molecular weight is 258 g/mol. The lowest BCUT2D eigenvalue weighted by Crippen LogP contribution is -2.55. The molecule has 1 aliphatic heterocycles. The van der Waals surface area contributed by atoms with Crippen LogP contribution in [-0.4, -0.2) is 64.8 Å². The summed E-state index contributed by atoms with van der Waals surface area (Å²) in [5, 5.41) is 8.73. The van der Waals surface area contributed by atoms with E-state index in [2.05, 4.69) is 0 Å². The summed E-state index contributed by atoms with van der Waals surface area (Å²) >= 11 is 0. The molecule has 1 N–H and O–H groups in total. The first kappa shape index (κ1) is 14.8. The molecular weight excluding hydrogens is 236 g/mol. The van der Waals surface area contributed by atoms with E-state index >= 15 is 0 Å². The third-order valence-corrected chi connectivity index (χ3v) is 2.70. The van der Waals surface area contributed by atoms with Gasteiger partial charge in [-0.05, 0) is 27.7 Å². The van der Waals surface area contributed by atoms with Gasteiger partial charge < -0.3 is 14.7 Å². The minimum absolute atomic E-state index is 0.0203. The number of amides is 1. The van der Waals surface area contributed by atoms with Crippen molar-refractivity contribution in [2.75, 3.05) is 26.2 Å². The lowest BCUT2D eigenvalue weighted by atomic mass is 10.2. The molecule has 1 unspecified atom stereocenters. The molecule has 6 heteroatoms. The summed E-state index contributed by atoms with van der Waals surface area (Å²) in [4.78, 5) is 26.0. The summed E-state index contributed by atoms with van der Waals surface area (Å²) in [5.41, 5.74) is -0.505. The Balaban J connectivity index is 2.52. The van der Waals surface area contributed by atoms with Gasteiger partial charge in [0, 0.05) is 25.7 Å². The molecular formula is C12H22N2O4. The van der Waals surface area contributed by atoms with Crippen LogP contribution in [0.5, 0.6) is 0 Å². The van der Waals surface area contributed by atoms with Crippen molar-refractivity contribution in [2.24, 2.45) is 0 Å². The molecule has 0 aromatic heterocycles. The molecule has 1 atom stereocenters. The van der Waals surface area contributed by atoms with Gasteiger partial charge in [0.25, 0.3) is 0 Å². The lowest BCUT2D eigenvalue weighted by molar-refractivity contribution is -0.138. The summed E-state index contributed by atoms with van der Waals surface area (Å²) in [5.74, 6) is -0.840. The minimum atomic E-state index is -0.840. The van der Waals surface area contributed by atoms with Gasteiger partial charge in [-0.2, -0.15) is 0 Å². The molecule has 1 aliphatic rings. The van der Waals surface area contributed by atoms with Gasteiger partial charge in [0.15, 0.2) is 0 Å². The van der Waals surface area contributed by atoms with Crippen LogP contribution in [0.3, 0.4) is 0 Å². The van der Waals surface area contributed by atoms with E-state index < -0.39 is 11.6 Å². The van der Waals surface area contributed by atoms with Crippen LogP contribution < -0.4 is 0 Å². The molecule has 0 aromatic carbocycles. The summed E-state index contributed by atoms with van der Waals surface area (Å²) < 4.78 is 5.32. The van der Waals surface area contributed by atoms with Crippen molar-refractivity contribution in [2.45, 2.75) is 39.3 Å². The third-order valence-electron chi connectivity index (χ3n) is 2.70. The van der Waals surface area contributed by atoms with Crippen LogP contribution in [0.25, 0.3) is 0 Å². The molecule has 18 heavy (non-hydrogen) atoms. The van der Waals surface area contributed by atoms with Gasteiger partial charge in [-0.15, -0.1) is 0 Å². The molecule has 1 heterocycles. The van der Waals surface area contributed by atoms with Gasteiger partial charge >= 0.3 is 12.1 Å². The van der Waals surface area contributed by atoms with Crippen molar-refractivity contribution in [1.82, 2.24) is 9.80 Å². The van der Waals surface area contributed by atoms with E-state index in [1.54, 1.807) is 4.90 Å². The summed E-state index contributed by atoms with van der Waals surface area (Å²) in [6, 6.07) is -0.0343. The van der Waals surface area contributed by atoms with Crippen LogP contribution in [0.4, 0.5) is 4.79 Å². The van der Waals surface area contributed by atoms with Crippen LogP contribution in [0.2, 0.25) is 0 Å². The SMILES string of the molecule is CC1CN(CC(=O)O)CCN1C(=O)OC(C)(C)C. The zero-order valence-corrected chi connectivity index (χ0v) is 11.5. The quantitative estimate of drug-likeness (QED) is 0.800. The van der Waals surface area contributed by atoms with E-state index in [0.29, 0.717) is 19.6 Å². The number of carbonyl (C=O) groups is 2. The maximum atomic E-state index is 11.9. The summed E-state index contributed by atoms with van der Waals surface area (Å²) in [6.45, 7) is 9.04. The number of rotatable bonds is 2. The Labute approximate surface area is 107 Å². The van der Waals surface area contributed by atoms with Crippen LogP contribution in [0.15, 0.2) is 0 Å². The van der Waals surface area contributed by atoms with E-state index in [0.717, 1.165) is 0 Å². The second kappa shape index (κ2) is 5.56. The predicted octanol–water partition coefficient (Wildman–Crippen LogP) is 1.01. The topological polar surface area (TPSA) is 70.1 Å². The minimum Gasteiger partial charge on any atom is -0.480 e. The van der Waals surface area contributed by atoms with Crippen LogP contribution >= 0.6 is 0 Å². The number of ether oxygens (including phenoxy) is 1. The normalized spacial score (nSPS) is 21.8. The number of hydrogen-bond acceptors (Lipinski definition) is 4. The van der Waals surface area contributed by atoms with Crippen LogP contribution in [0, 0.1) is 0 Å². The molecule has 1 fully saturated rings. The number of hydrogen-bond donors (Lipinski definition) is 1. The smallest absolute Gasteiger partial charge is 0.410 e. The van der Waals surface area contributed by atoms with Gasteiger partial charge in [0.05, 0.1) is 6.54 Å². The van der Waals surface area contributed by atoms with Crippen molar-refractivity contribution in [3.63, 3.8) is 0 Å². The van der Waals surface area contributed by atoms with Crippen molar-refractivity contribution in [3.05, 3.63) is 0 Å². The number of carbonyl (C=O) groups excluding carboxylic acids is 1. The van der Waals surface area contributed by atoms with Crippen LogP contribution in [0.1, 0.15) is 27.7 Å². The first-order chi connectivity index (χ1) is 8.19. The first-order valence-electron chi connectivity index (χ1n) is 6.13. The maximum Gasteiger partial charge on any atom is 0.410 e. The Morgan fingerprint density at radius 3 is 2.39 bits per heavy atom. The molecule has 0 radical (unpaired) electrons. The third kappa shape index (κ3) is 4.52. The molecule has 1 rings (SSSR count). The van der Waals surface area contributed by atoms with E-state index in [9.17, 15) is 9.59 Å². The van der Waals surface area contributed by atoms with Gasteiger partial charge in [0.2, 0.25) is 0 Å². The fourth-order valence-corrected chi connectivity index (χ4v) is 1.96. The van der Waals surface area contributed by atoms with Crippen molar-refractivity contribution in [3.8, 4) is 0 Å². The fourth-order valence-electron chi connectivity index (χ4n) is 1.96. The molecule has 6 nitrogen and oxygen atoms in total. The second-order valence-corrected chi connectivity index (χ2v) is 5.65. The van der Waals surface area contributed by atoms with Gasteiger partial charge in [-0.3, -0.25) is 9.69 Å². The number of piperazine rings is 1.